The molecule has 0 spiro atoms. The number of aromatic nitrogens is 2. The number of carbonyl (C=O) groups is 1. The first-order chi connectivity index (χ1) is 9.18. The minimum absolute atomic E-state index is 0.0878. The van der Waals surface area contributed by atoms with Gasteiger partial charge in [-0.05, 0) is 24.3 Å². The van der Waals surface area contributed by atoms with Crippen molar-refractivity contribution in [3.8, 4) is 0 Å². The normalized spacial score (nSPS) is 19.1. The van der Waals surface area contributed by atoms with Gasteiger partial charge < -0.3 is 9.80 Å². The van der Waals surface area contributed by atoms with E-state index in [0.29, 0.717) is 0 Å². The van der Waals surface area contributed by atoms with Crippen molar-refractivity contribution in [2.24, 2.45) is 0 Å². The number of carbonyl (C=O) groups excluding carboxylic acids is 1. The highest BCUT2D eigenvalue weighted by molar-refractivity contribution is 7.17. The highest BCUT2D eigenvalue weighted by Gasteiger charge is 2.33. The van der Waals surface area contributed by atoms with Gasteiger partial charge in [-0.2, -0.15) is 0 Å². The predicted octanol–water partition coefficient (Wildman–Crippen LogP) is 1.75. The summed E-state index contributed by atoms with van der Waals surface area (Å²) in [6.45, 7) is 0.883. The summed E-state index contributed by atoms with van der Waals surface area (Å²) in [4.78, 5) is 24.7. The molecule has 1 atom stereocenters. The number of likely N-dealkylation sites (N-methyl/N-ethyl adjacent to an activating group) is 1. The molecule has 1 fully saturated rings. The van der Waals surface area contributed by atoms with Crippen molar-refractivity contribution in [3.05, 3.63) is 17.8 Å². The molecule has 1 aliphatic rings. The third-order valence-electron chi connectivity index (χ3n) is 3.48. The van der Waals surface area contributed by atoms with Crippen LogP contribution in [0.1, 0.15) is 12.8 Å². The number of hydrogen-bond donors (Lipinski definition) is 0. The highest BCUT2D eigenvalue weighted by Crippen LogP contribution is 2.32. The summed E-state index contributed by atoms with van der Waals surface area (Å²) in [5.41, 5.74) is 0.956. The lowest BCUT2D eigenvalue weighted by atomic mass is 10.2. The van der Waals surface area contributed by atoms with E-state index in [1.807, 2.05) is 11.4 Å². The Balaban J connectivity index is 2.01. The fourth-order valence-corrected chi connectivity index (χ4v) is 3.41. The number of amides is 1. The van der Waals surface area contributed by atoms with Crippen molar-refractivity contribution < 1.29 is 4.79 Å². The molecule has 6 heteroatoms. The summed E-state index contributed by atoms with van der Waals surface area (Å²) in [6.07, 6.45) is 3.51. The van der Waals surface area contributed by atoms with E-state index in [9.17, 15) is 4.79 Å². The molecule has 2 aromatic heterocycles. The van der Waals surface area contributed by atoms with Crippen LogP contribution in [-0.2, 0) is 4.79 Å². The molecule has 0 bridgehead atoms. The zero-order valence-electron chi connectivity index (χ0n) is 11.0. The average Bonchev–Trinajstić information content (AvgIpc) is 3.05. The van der Waals surface area contributed by atoms with Crippen LogP contribution >= 0.6 is 11.3 Å². The number of thiophene rings is 1. The third kappa shape index (κ3) is 2.06. The van der Waals surface area contributed by atoms with Crippen LogP contribution in [0.4, 0.5) is 5.82 Å². The van der Waals surface area contributed by atoms with E-state index < -0.39 is 0 Å². The Morgan fingerprint density at radius 3 is 3.11 bits per heavy atom. The maximum absolute atomic E-state index is 12.2. The molecule has 5 nitrogen and oxygen atoms in total. The number of rotatable bonds is 2. The summed E-state index contributed by atoms with van der Waals surface area (Å²) in [5.74, 6) is 1.05. The quantitative estimate of drug-likeness (QED) is 0.838. The molecule has 3 rings (SSSR count). The molecule has 100 valence electrons. The predicted molar refractivity (Wildman–Crippen MR) is 76.5 cm³/mol. The first kappa shape index (κ1) is 12.3. The summed E-state index contributed by atoms with van der Waals surface area (Å²) in [5, 5.41) is 2.02. The van der Waals surface area contributed by atoms with E-state index in [2.05, 4.69) is 14.9 Å². The van der Waals surface area contributed by atoms with Crippen molar-refractivity contribution in [1.29, 1.82) is 0 Å². The average molecular weight is 276 g/mol. The van der Waals surface area contributed by atoms with Crippen molar-refractivity contribution in [1.82, 2.24) is 14.9 Å². The maximum Gasteiger partial charge on any atom is 0.244 e. The Hall–Kier alpha value is -1.69. The van der Waals surface area contributed by atoms with Crippen LogP contribution in [0.2, 0.25) is 0 Å². The molecule has 1 amide bonds. The number of anilines is 1. The summed E-state index contributed by atoms with van der Waals surface area (Å²) < 4.78 is 1.07. The minimum atomic E-state index is -0.0878. The van der Waals surface area contributed by atoms with Crippen LogP contribution in [0.3, 0.4) is 0 Å². The lowest BCUT2D eigenvalue weighted by Gasteiger charge is -2.27. The second kappa shape index (κ2) is 4.77. The highest BCUT2D eigenvalue weighted by atomic mass is 32.1. The van der Waals surface area contributed by atoms with E-state index in [1.165, 1.54) is 0 Å². The van der Waals surface area contributed by atoms with E-state index >= 15 is 0 Å². The molecular formula is C13H16N4OS. The topological polar surface area (TPSA) is 49.3 Å². The fourth-order valence-electron chi connectivity index (χ4n) is 2.56. The SMILES string of the molecule is CN(C)C(=O)[C@H]1CCCN1c1ncnc2ccsc12. The molecule has 1 saturated heterocycles. The van der Waals surface area contributed by atoms with Gasteiger partial charge in [-0.3, -0.25) is 4.79 Å². The Labute approximate surface area is 115 Å². The molecule has 0 aromatic carbocycles. The van der Waals surface area contributed by atoms with Gasteiger partial charge in [0, 0.05) is 20.6 Å². The molecule has 19 heavy (non-hydrogen) atoms. The van der Waals surface area contributed by atoms with Crippen LogP contribution in [0, 0.1) is 0 Å². The first-order valence-electron chi connectivity index (χ1n) is 6.34. The maximum atomic E-state index is 12.2. The molecule has 0 radical (unpaired) electrons. The van der Waals surface area contributed by atoms with Crippen molar-refractivity contribution in [3.63, 3.8) is 0 Å². The van der Waals surface area contributed by atoms with Crippen molar-refractivity contribution in [2.75, 3.05) is 25.5 Å². The van der Waals surface area contributed by atoms with Gasteiger partial charge in [-0.15, -0.1) is 11.3 Å². The Kier molecular flexibility index (Phi) is 3.10. The largest absolute Gasteiger partial charge is 0.347 e. The Morgan fingerprint density at radius 1 is 1.47 bits per heavy atom. The molecule has 1 aliphatic heterocycles. The van der Waals surface area contributed by atoms with Crippen LogP contribution < -0.4 is 4.90 Å². The van der Waals surface area contributed by atoms with E-state index in [1.54, 1.807) is 36.7 Å². The van der Waals surface area contributed by atoms with E-state index in [4.69, 9.17) is 0 Å². The lowest BCUT2D eigenvalue weighted by molar-refractivity contribution is -0.129. The number of nitrogens with zero attached hydrogens (tertiary/aromatic N) is 4. The minimum Gasteiger partial charge on any atom is -0.347 e. The van der Waals surface area contributed by atoms with Gasteiger partial charge in [0.2, 0.25) is 5.91 Å². The zero-order valence-corrected chi connectivity index (χ0v) is 11.9. The Bertz CT molecular complexity index is 609. The van der Waals surface area contributed by atoms with E-state index in [-0.39, 0.29) is 11.9 Å². The van der Waals surface area contributed by atoms with Crippen molar-refractivity contribution >= 4 is 33.3 Å². The van der Waals surface area contributed by atoms with E-state index in [0.717, 1.165) is 35.4 Å². The molecule has 3 heterocycles. The van der Waals surface area contributed by atoms with Crippen LogP contribution in [0.25, 0.3) is 10.2 Å². The second-order valence-electron chi connectivity index (χ2n) is 4.92. The smallest absolute Gasteiger partial charge is 0.244 e. The van der Waals surface area contributed by atoms with Gasteiger partial charge in [-0.25, -0.2) is 9.97 Å². The number of fused-ring (bicyclic) bond motifs is 1. The van der Waals surface area contributed by atoms with Gasteiger partial charge >= 0.3 is 0 Å². The van der Waals surface area contributed by atoms with Crippen LogP contribution in [-0.4, -0.2) is 47.5 Å². The van der Waals surface area contributed by atoms with Gasteiger partial charge in [0.1, 0.15) is 12.4 Å². The lowest BCUT2D eigenvalue weighted by Crippen LogP contribution is -2.43. The Morgan fingerprint density at radius 2 is 2.32 bits per heavy atom. The standard InChI is InChI=1S/C13H16N4OS/c1-16(2)13(18)10-4-3-6-17(10)12-11-9(5-7-19-11)14-8-15-12/h5,7-8,10H,3-4,6H2,1-2H3/t10-/m1/s1. The molecular weight excluding hydrogens is 260 g/mol. The molecule has 0 unspecified atom stereocenters. The number of hydrogen-bond acceptors (Lipinski definition) is 5. The molecule has 0 aliphatic carbocycles. The van der Waals surface area contributed by atoms with Crippen LogP contribution in [0.5, 0.6) is 0 Å². The molecule has 2 aromatic rings. The fraction of sp³-hybridized carbons (Fsp3) is 0.462. The second-order valence-corrected chi connectivity index (χ2v) is 5.83. The monoisotopic (exact) mass is 276 g/mol. The van der Waals surface area contributed by atoms with Gasteiger partial charge in [0.15, 0.2) is 5.82 Å². The first-order valence-corrected chi connectivity index (χ1v) is 7.22. The summed E-state index contributed by atoms with van der Waals surface area (Å²) >= 11 is 1.63. The van der Waals surface area contributed by atoms with Gasteiger partial charge in [-0.1, -0.05) is 0 Å². The third-order valence-corrected chi connectivity index (χ3v) is 4.37. The van der Waals surface area contributed by atoms with Gasteiger partial charge in [0.25, 0.3) is 0 Å². The van der Waals surface area contributed by atoms with Crippen LogP contribution in [0.15, 0.2) is 17.8 Å². The summed E-state index contributed by atoms with van der Waals surface area (Å²) in [7, 11) is 3.61. The molecule has 0 saturated carbocycles. The summed E-state index contributed by atoms with van der Waals surface area (Å²) in [6, 6.07) is 1.90. The van der Waals surface area contributed by atoms with Crippen molar-refractivity contribution in [2.45, 2.75) is 18.9 Å². The van der Waals surface area contributed by atoms with Gasteiger partial charge in [0.05, 0.1) is 10.2 Å². The molecule has 0 N–H and O–H groups in total. The zero-order chi connectivity index (χ0) is 13.4.